The Bertz CT molecular complexity index is 657. The molecule has 0 spiro atoms. The number of carboxylic acid groups (broad SMARTS) is 1. The van der Waals surface area contributed by atoms with Crippen LogP contribution in [-0.2, 0) is 9.59 Å². The van der Waals surface area contributed by atoms with Gasteiger partial charge >= 0.3 is 12.1 Å². The van der Waals surface area contributed by atoms with Gasteiger partial charge in [-0.1, -0.05) is 13.8 Å². The molecule has 5 fully saturated rings. The fourth-order valence-electron chi connectivity index (χ4n) is 7.53. The van der Waals surface area contributed by atoms with Gasteiger partial charge in [0, 0.05) is 13.1 Å². The van der Waals surface area contributed by atoms with Crippen molar-refractivity contribution in [2.24, 2.45) is 27.6 Å². The summed E-state index contributed by atoms with van der Waals surface area (Å²) in [7, 11) is 0. The molecule has 4 saturated carbocycles. The average Bonchev–Trinajstić information content (AvgIpc) is 2.88. The summed E-state index contributed by atoms with van der Waals surface area (Å²) in [4.78, 5) is 26.0. The van der Waals surface area contributed by atoms with Gasteiger partial charge < -0.3 is 10.0 Å². The van der Waals surface area contributed by atoms with Crippen molar-refractivity contribution in [3.05, 3.63) is 0 Å². The summed E-state index contributed by atoms with van der Waals surface area (Å²) in [6.45, 7) is 3.55. The van der Waals surface area contributed by atoms with E-state index in [-0.39, 0.29) is 23.3 Å². The Labute approximate surface area is 151 Å². The number of carboxylic acids is 1. The van der Waals surface area contributed by atoms with E-state index in [2.05, 4.69) is 13.8 Å². The minimum absolute atomic E-state index is 0.0808. The zero-order chi connectivity index (χ0) is 19.2. The predicted octanol–water partition coefficient (Wildman–Crippen LogP) is 3.85. The van der Waals surface area contributed by atoms with Gasteiger partial charge in [-0.2, -0.15) is 13.2 Å². The Kier molecular flexibility index (Phi) is 3.45. The van der Waals surface area contributed by atoms with E-state index in [9.17, 15) is 27.9 Å². The lowest BCUT2D eigenvalue weighted by Crippen LogP contribution is -2.60. The summed E-state index contributed by atoms with van der Waals surface area (Å²) in [5.41, 5.74) is -3.25. The molecule has 26 heavy (non-hydrogen) atoms. The summed E-state index contributed by atoms with van der Waals surface area (Å²) in [5, 5.41) is 9.26. The van der Waals surface area contributed by atoms with Crippen molar-refractivity contribution in [2.45, 2.75) is 65.0 Å². The lowest BCUT2D eigenvalue weighted by atomic mass is 9.40. The first-order valence-corrected chi connectivity index (χ1v) is 9.42. The van der Waals surface area contributed by atoms with Crippen LogP contribution in [0.1, 0.15) is 58.8 Å². The number of alkyl halides is 3. The number of aliphatic carboxylic acids is 1. The zero-order valence-corrected chi connectivity index (χ0v) is 15.3. The Morgan fingerprint density at radius 1 is 1.04 bits per heavy atom. The number of likely N-dealkylation sites (tertiary alicyclic amines) is 1. The molecule has 4 bridgehead atoms. The van der Waals surface area contributed by atoms with Gasteiger partial charge in [0.25, 0.3) is 0 Å². The lowest BCUT2D eigenvalue weighted by molar-refractivity contribution is -0.228. The molecular formula is C19H26F3NO3. The van der Waals surface area contributed by atoms with E-state index >= 15 is 0 Å². The maximum atomic E-state index is 13.5. The minimum atomic E-state index is -4.85. The fraction of sp³-hybridized carbons (Fsp3) is 0.895. The molecule has 3 unspecified atom stereocenters. The molecule has 5 aliphatic rings. The number of rotatable bonds is 2. The number of nitrogens with zero attached hydrogens (tertiary/aromatic N) is 1. The van der Waals surface area contributed by atoms with Crippen LogP contribution in [0.3, 0.4) is 0 Å². The quantitative estimate of drug-likeness (QED) is 0.800. The van der Waals surface area contributed by atoms with E-state index in [0.717, 1.165) is 38.5 Å². The first-order valence-electron chi connectivity index (χ1n) is 9.42. The highest BCUT2D eigenvalue weighted by atomic mass is 19.4. The van der Waals surface area contributed by atoms with Gasteiger partial charge in [0.15, 0.2) is 5.41 Å². The van der Waals surface area contributed by atoms with E-state index in [1.54, 1.807) is 0 Å². The molecule has 1 saturated heterocycles. The predicted molar refractivity (Wildman–Crippen MR) is 87.2 cm³/mol. The van der Waals surface area contributed by atoms with E-state index < -0.39 is 35.9 Å². The molecule has 4 nitrogen and oxygen atoms in total. The summed E-state index contributed by atoms with van der Waals surface area (Å²) >= 11 is 0. The first kappa shape index (κ1) is 18.1. The average molecular weight is 373 g/mol. The molecule has 1 aliphatic heterocycles. The van der Waals surface area contributed by atoms with Crippen molar-refractivity contribution < 1.29 is 27.9 Å². The summed E-state index contributed by atoms with van der Waals surface area (Å²) < 4.78 is 40.4. The van der Waals surface area contributed by atoms with Crippen LogP contribution in [-0.4, -0.2) is 41.1 Å². The van der Waals surface area contributed by atoms with Crippen LogP contribution in [0.25, 0.3) is 0 Å². The van der Waals surface area contributed by atoms with E-state index in [4.69, 9.17) is 0 Å². The van der Waals surface area contributed by atoms with Gasteiger partial charge in [-0.3, -0.25) is 9.59 Å². The van der Waals surface area contributed by atoms with Crippen LogP contribution in [0.15, 0.2) is 0 Å². The number of carbonyl (C=O) groups excluding carboxylic acids is 1. The molecule has 1 amide bonds. The second kappa shape index (κ2) is 4.96. The molecule has 7 heteroatoms. The van der Waals surface area contributed by atoms with Crippen molar-refractivity contribution in [1.29, 1.82) is 0 Å². The van der Waals surface area contributed by atoms with Crippen LogP contribution < -0.4 is 0 Å². The maximum Gasteiger partial charge on any atom is 0.406 e. The molecule has 5 rings (SSSR count). The van der Waals surface area contributed by atoms with Crippen molar-refractivity contribution >= 4 is 11.9 Å². The Morgan fingerprint density at radius 2 is 1.62 bits per heavy atom. The van der Waals surface area contributed by atoms with Gasteiger partial charge in [-0.25, -0.2) is 0 Å². The van der Waals surface area contributed by atoms with Crippen LogP contribution in [0.2, 0.25) is 0 Å². The molecule has 1 heterocycles. The van der Waals surface area contributed by atoms with Crippen LogP contribution in [0.5, 0.6) is 0 Å². The van der Waals surface area contributed by atoms with E-state index in [1.807, 2.05) is 0 Å². The summed E-state index contributed by atoms with van der Waals surface area (Å²) in [5.74, 6) is -1.64. The fourth-order valence-corrected chi connectivity index (χ4v) is 7.53. The second-order valence-electron chi connectivity index (χ2n) is 10.3. The Hall–Kier alpha value is -1.27. The Morgan fingerprint density at radius 3 is 2.04 bits per heavy atom. The summed E-state index contributed by atoms with van der Waals surface area (Å²) in [6.07, 6.45) is 0.0746. The molecule has 146 valence electrons. The van der Waals surface area contributed by atoms with Crippen LogP contribution >= 0.6 is 0 Å². The third-order valence-corrected chi connectivity index (χ3v) is 7.59. The number of halogens is 3. The molecule has 4 aliphatic carbocycles. The lowest BCUT2D eigenvalue weighted by Gasteiger charge is -2.65. The summed E-state index contributed by atoms with van der Waals surface area (Å²) in [6, 6.07) is 0. The largest absolute Gasteiger partial charge is 0.481 e. The first-order chi connectivity index (χ1) is 11.8. The van der Waals surface area contributed by atoms with Gasteiger partial charge in [-0.15, -0.1) is 0 Å². The highest BCUT2D eigenvalue weighted by Crippen LogP contribution is 2.70. The molecular weight excluding hydrogens is 347 g/mol. The Balaban J connectivity index is 1.62. The SMILES string of the molecule is CC12CC3CC(C)(C1)CC(C(=O)N1CCC(C(=O)O)(C(F)(F)F)C1)(C3)C2. The number of carbonyl (C=O) groups is 2. The smallest absolute Gasteiger partial charge is 0.406 e. The van der Waals surface area contributed by atoms with Crippen LogP contribution in [0.4, 0.5) is 13.2 Å². The molecule has 0 aromatic rings. The second-order valence-corrected chi connectivity index (χ2v) is 10.3. The maximum absolute atomic E-state index is 13.5. The molecule has 0 aromatic carbocycles. The topological polar surface area (TPSA) is 57.6 Å². The number of amides is 1. The van der Waals surface area contributed by atoms with Gasteiger partial charge in [0.2, 0.25) is 5.91 Å². The molecule has 3 atom stereocenters. The molecule has 0 radical (unpaired) electrons. The van der Waals surface area contributed by atoms with Gasteiger partial charge in [0.05, 0.1) is 5.41 Å². The number of hydrogen-bond donors (Lipinski definition) is 1. The van der Waals surface area contributed by atoms with Gasteiger partial charge in [0.1, 0.15) is 0 Å². The molecule has 0 aromatic heterocycles. The normalized spacial score (nSPS) is 47.4. The highest BCUT2D eigenvalue weighted by molar-refractivity contribution is 5.86. The van der Waals surface area contributed by atoms with Crippen molar-refractivity contribution in [3.63, 3.8) is 0 Å². The minimum Gasteiger partial charge on any atom is -0.481 e. The van der Waals surface area contributed by atoms with Gasteiger partial charge in [-0.05, 0) is 61.7 Å². The third-order valence-electron chi connectivity index (χ3n) is 7.59. The monoisotopic (exact) mass is 373 g/mol. The van der Waals surface area contributed by atoms with Crippen LogP contribution in [0, 0.1) is 27.6 Å². The molecule has 1 N–H and O–H groups in total. The third kappa shape index (κ3) is 2.34. The zero-order valence-electron chi connectivity index (χ0n) is 15.3. The van der Waals surface area contributed by atoms with E-state index in [1.165, 1.54) is 4.90 Å². The standard InChI is InChI=1S/C19H26F3NO3/c1-15-5-12-6-16(2,8-15)10-17(7-12,9-15)13(24)23-4-3-18(11-23,14(25)26)19(20,21)22/h12H,3-11H2,1-2H3,(H,25,26). The van der Waals surface area contributed by atoms with Crippen molar-refractivity contribution in [3.8, 4) is 0 Å². The van der Waals surface area contributed by atoms with Crippen molar-refractivity contribution in [1.82, 2.24) is 4.90 Å². The highest BCUT2D eigenvalue weighted by Gasteiger charge is 2.67. The van der Waals surface area contributed by atoms with Crippen molar-refractivity contribution in [2.75, 3.05) is 13.1 Å². The van der Waals surface area contributed by atoms with E-state index in [0.29, 0.717) is 5.92 Å². The number of hydrogen-bond acceptors (Lipinski definition) is 2.